The number of benzene rings is 1. The number of aromatic nitrogens is 4. The van der Waals surface area contributed by atoms with Crippen LogP contribution in [0.25, 0.3) is 11.6 Å². The van der Waals surface area contributed by atoms with Crippen LogP contribution in [0.3, 0.4) is 0 Å². The molecule has 130 valence electrons. The van der Waals surface area contributed by atoms with Gasteiger partial charge in [-0.15, -0.1) is 10.2 Å². The second-order valence-electron chi connectivity index (χ2n) is 5.55. The van der Waals surface area contributed by atoms with Crippen LogP contribution < -0.4 is 5.32 Å². The Morgan fingerprint density at radius 3 is 2.92 bits per heavy atom. The van der Waals surface area contributed by atoms with Crippen molar-refractivity contribution in [1.29, 1.82) is 0 Å². The first-order chi connectivity index (χ1) is 12.0. The summed E-state index contributed by atoms with van der Waals surface area (Å²) in [5, 5.41) is 15.0. The zero-order valence-corrected chi connectivity index (χ0v) is 14.0. The van der Waals surface area contributed by atoms with Crippen molar-refractivity contribution in [2.75, 3.05) is 5.32 Å². The molecule has 7 nitrogen and oxygen atoms in total. The lowest BCUT2D eigenvalue weighted by Crippen LogP contribution is -2.12. The van der Waals surface area contributed by atoms with E-state index in [1.54, 1.807) is 10.7 Å². The Morgan fingerprint density at radius 2 is 2.16 bits per heavy atom. The number of halogens is 1. The molecule has 1 N–H and O–H groups in total. The van der Waals surface area contributed by atoms with E-state index in [1.807, 2.05) is 19.9 Å². The number of nitrogens with one attached hydrogen (secondary N) is 1. The maximum atomic E-state index is 13.1. The van der Waals surface area contributed by atoms with E-state index in [-0.39, 0.29) is 12.3 Å². The Bertz CT molecular complexity index is 887. The highest BCUT2D eigenvalue weighted by Crippen LogP contribution is 2.19. The Kier molecular flexibility index (Phi) is 4.87. The van der Waals surface area contributed by atoms with Gasteiger partial charge in [-0.05, 0) is 38.1 Å². The maximum absolute atomic E-state index is 13.1. The van der Waals surface area contributed by atoms with E-state index in [0.717, 1.165) is 11.4 Å². The van der Waals surface area contributed by atoms with E-state index in [0.29, 0.717) is 30.4 Å². The fraction of sp³-hybridized carbons (Fsp3) is 0.294. The van der Waals surface area contributed by atoms with Gasteiger partial charge in [-0.3, -0.25) is 9.48 Å². The Balaban J connectivity index is 1.61. The summed E-state index contributed by atoms with van der Waals surface area (Å²) in [7, 11) is 0. The SMILES string of the molecule is CCn1nc(C)cc1-c1nnc(CCC(=O)Nc2cccc(F)c2)o1. The maximum Gasteiger partial charge on any atom is 0.265 e. The molecule has 0 saturated heterocycles. The lowest BCUT2D eigenvalue weighted by atomic mass is 10.2. The Hall–Kier alpha value is -3.03. The van der Waals surface area contributed by atoms with Gasteiger partial charge in [0.2, 0.25) is 11.8 Å². The molecule has 25 heavy (non-hydrogen) atoms. The van der Waals surface area contributed by atoms with Crippen LogP contribution in [0.2, 0.25) is 0 Å². The molecule has 0 unspecified atom stereocenters. The van der Waals surface area contributed by atoms with Crippen LogP contribution in [0.1, 0.15) is 24.9 Å². The van der Waals surface area contributed by atoms with E-state index < -0.39 is 5.82 Å². The molecule has 0 fully saturated rings. The number of aryl methyl sites for hydroxylation is 3. The molecule has 0 aliphatic heterocycles. The number of rotatable bonds is 6. The molecule has 0 saturated carbocycles. The average molecular weight is 343 g/mol. The summed E-state index contributed by atoms with van der Waals surface area (Å²) < 4.78 is 20.5. The van der Waals surface area contributed by atoms with Gasteiger partial charge in [-0.1, -0.05) is 6.07 Å². The van der Waals surface area contributed by atoms with Gasteiger partial charge >= 0.3 is 0 Å². The van der Waals surface area contributed by atoms with E-state index >= 15 is 0 Å². The second-order valence-corrected chi connectivity index (χ2v) is 5.55. The number of carbonyl (C=O) groups is 1. The van der Waals surface area contributed by atoms with Gasteiger partial charge in [0.1, 0.15) is 11.5 Å². The fourth-order valence-corrected chi connectivity index (χ4v) is 2.43. The van der Waals surface area contributed by atoms with Gasteiger partial charge in [-0.25, -0.2) is 4.39 Å². The van der Waals surface area contributed by atoms with Crippen LogP contribution in [-0.4, -0.2) is 25.9 Å². The molecule has 1 aromatic carbocycles. The highest BCUT2D eigenvalue weighted by molar-refractivity contribution is 5.90. The largest absolute Gasteiger partial charge is 0.419 e. The van der Waals surface area contributed by atoms with E-state index in [1.165, 1.54) is 18.2 Å². The normalized spacial score (nSPS) is 10.8. The zero-order chi connectivity index (χ0) is 17.8. The number of nitrogens with zero attached hydrogens (tertiary/aromatic N) is 4. The van der Waals surface area contributed by atoms with Crippen LogP contribution in [0.4, 0.5) is 10.1 Å². The van der Waals surface area contributed by atoms with Gasteiger partial charge in [0.25, 0.3) is 5.89 Å². The molecule has 1 amide bonds. The van der Waals surface area contributed by atoms with E-state index in [4.69, 9.17) is 4.42 Å². The van der Waals surface area contributed by atoms with Crippen LogP contribution in [0.15, 0.2) is 34.7 Å². The molecular weight excluding hydrogens is 325 g/mol. The molecule has 0 radical (unpaired) electrons. The van der Waals surface area contributed by atoms with E-state index in [2.05, 4.69) is 20.6 Å². The summed E-state index contributed by atoms with van der Waals surface area (Å²) in [4.78, 5) is 11.9. The Labute approximate surface area is 143 Å². The molecule has 0 atom stereocenters. The van der Waals surface area contributed by atoms with Crippen molar-refractivity contribution in [3.05, 3.63) is 47.7 Å². The minimum absolute atomic E-state index is 0.157. The van der Waals surface area contributed by atoms with Crippen molar-refractivity contribution in [3.63, 3.8) is 0 Å². The van der Waals surface area contributed by atoms with Crippen molar-refractivity contribution in [2.45, 2.75) is 33.2 Å². The lowest BCUT2D eigenvalue weighted by Gasteiger charge is -2.03. The van der Waals surface area contributed by atoms with Gasteiger partial charge < -0.3 is 9.73 Å². The van der Waals surface area contributed by atoms with Crippen molar-refractivity contribution in [2.24, 2.45) is 0 Å². The van der Waals surface area contributed by atoms with Gasteiger partial charge in [0.15, 0.2) is 0 Å². The first kappa shape index (κ1) is 16.8. The molecule has 0 spiro atoms. The quantitative estimate of drug-likeness (QED) is 0.744. The summed E-state index contributed by atoms with van der Waals surface area (Å²) in [5.41, 5.74) is 2.03. The first-order valence-electron chi connectivity index (χ1n) is 7.97. The van der Waals surface area contributed by atoms with E-state index in [9.17, 15) is 9.18 Å². The fourth-order valence-electron chi connectivity index (χ4n) is 2.43. The predicted molar refractivity (Wildman–Crippen MR) is 89.3 cm³/mol. The lowest BCUT2D eigenvalue weighted by molar-refractivity contribution is -0.116. The summed E-state index contributed by atoms with van der Waals surface area (Å²) >= 11 is 0. The highest BCUT2D eigenvalue weighted by atomic mass is 19.1. The van der Waals surface area contributed by atoms with Gasteiger partial charge in [0, 0.05) is 25.1 Å². The summed E-state index contributed by atoms with van der Waals surface area (Å²) in [6, 6.07) is 7.61. The molecule has 8 heteroatoms. The number of anilines is 1. The molecule has 3 aromatic rings. The van der Waals surface area contributed by atoms with Gasteiger partial charge in [-0.2, -0.15) is 5.10 Å². The van der Waals surface area contributed by atoms with Crippen LogP contribution in [-0.2, 0) is 17.8 Å². The van der Waals surface area contributed by atoms with Crippen molar-refractivity contribution >= 4 is 11.6 Å². The first-order valence-corrected chi connectivity index (χ1v) is 7.97. The molecule has 3 rings (SSSR count). The standard InChI is InChI=1S/C17H18FN5O2/c1-3-23-14(9-11(2)22-23)17-21-20-16(25-17)8-7-15(24)19-13-6-4-5-12(18)10-13/h4-6,9-10H,3,7-8H2,1-2H3,(H,19,24). The minimum Gasteiger partial charge on any atom is -0.419 e. The van der Waals surface area contributed by atoms with Crippen molar-refractivity contribution in [3.8, 4) is 11.6 Å². The van der Waals surface area contributed by atoms with Crippen molar-refractivity contribution in [1.82, 2.24) is 20.0 Å². The highest BCUT2D eigenvalue weighted by Gasteiger charge is 2.15. The summed E-state index contributed by atoms with van der Waals surface area (Å²) in [5.74, 6) is 0.0934. The zero-order valence-electron chi connectivity index (χ0n) is 14.0. The summed E-state index contributed by atoms with van der Waals surface area (Å²) in [6.45, 7) is 4.56. The third kappa shape index (κ3) is 4.09. The number of hydrogen-bond acceptors (Lipinski definition) is 5. The molecule has 0 aliphatic rings. The molecule has 2 aromatic heterocycles. The second kappa shape index (κ2) is 7.25. The molecular formula is C17H18FN5O2. The average Bonchev–Trinajstić information content (AvgIpc) is 3.19. The number of amides is 1. The van der Waals surface area contributed by atoms with Crippen LogP contribution >= 0.6 is 0 Å². The topological polar surface area (TPSA) is 85.8 Å². The minimum atomic E-state index is -0.401. The van der Waals surface area contributed by atoms with Crippen LogP contribution in [0.5, 0.6) is 0 Å². The Morgan fingerprint density at radius 1 is 1.32 bits per heavy atom. The molecule has 0 bridgehead atoms. The molecule has 0 aliphatic carbocycles. The monoisotopic (exact) mass is 343 g/mol. The smallest absolute Gasteiger partial charge is 0.265 e. The number of hydrogen-bond donors (Lipinski definition) is 1. The van der Waals surface area contributed by atoms with Crippen LogP contribution in [0, 0.1) is 12.7 Å². The third-order valence-corrected chi connectivity index (χ3v) is 3.56. The summed E-state index contributed by atoms with van der Waals surface area (Å²) in [6.07, 6.45) is 0.456. The predicted octanol–water partition coefficient (Wildman–Crippen LogP) is 2.97. The van der Waals surface area contributed by atoms with Gasteiger partial charge in [0.05, 0.1) is 5.69 Å². The number of carbonyl (C=O) groups excluding carboxylic acids is 1. The van der Waals surface area contributed by atoms with Crippen molar-refractivity contribution < 1.29 is 13.6 Å². The third-order valence-electron chi connectivity index (χ3n) is 3.56. The molecule has 2 heterocycles.